The molecule has 5 N–H and O–H groups in total. The van der Waals surface area contributed by atoms with Gasteiger partial charge in [0.05, 0.1) is 6.04 Å². The van der Waals surface area contributed by atoms with Crippen LogP contribution in [-0.2, 0) is 16.0 Å². The van der Waals surface area contributed by atoms with Crippen LogP contribution in [0.25, 0.3) is 0 Å². The van der Waals surface area contributed by atoms with Crippen molar-refractivity contribution in [1.29, 1.82) is 0 Å². The van der Waals surface area contributed by atoms with E-state index in [1.807, 2.05) is 20.8 Å². The molecule has 0 spiro atoms. The van der Waals surface area contributed by atoms with Gasteiger partial charge in [0, 0.05) is 25.2 Å². The summed E-state index contributed by atoms with van der Waals surface area (Å²) < 4.78 is 26.4. The lowest BCUT2D eigenvalue weighted by Gasteiger charge is -2.24. The summed E-state index contributed by atoms with van der Waals surface area (Å²) in [6.45, 7) is 7.95. The molecule has 1 rings (SSSR count). The zero-order valence-electron chi connectivity index (χ0n) is 17.1. The highest BCUT2D eigenvalue weighted by molar-refractivity contribution is 5.89. The normalized spacial score (nSPS) is 13.5. The zero-order valence-corrected chi connectivity index (χ0v) is 18.8. The van der Waals surface area contributed by atoms with Crippen molar-refractivity contribution in [2.75, 3.05) is 13.1 Å². The molecule has 0 unspecified atom stereocenters. The molecule has 0 heterocycles. The number of carbonyl (C=O) groups excluding carboxylic acids is 2. The lowest BCUT2D eigenvalue weighted by Crippen LogP contribution is -2.55. The minimum Gasteiger partial charge on any atom is -0.355 e. The Labute approximate surface area is 183 Å². The summed E-state index contributed by atoms with van der Waals surface area (Å²) >= 11 is 0. The first-order valence-corrected chi connectivity index (χ1v) is 9.16. The van der Waals surface area contributed by atoms with Crippen LogP contribution in [-0.4, -0.2) is 43.0 Å². The van der Waals surface area contributed by atoms with Gasteiger partial charge in [-0.3, -0.25) is 9.59 Å². The van der Waals surface area contributed by atoms with Gasteiger partial charge in [-0.1, -0.05) is 13.8 Å². The molecule has 0 aromatic heterocycles. The van der Waals surface area contributed by atoms with Gasteiger partial charge in [0.1, 0.15) is 17.7 Å². The number of halogens is 4. The van der Waals surface area contributed by atoms with E-state index < -0.39 is 29.8 Å². The molecule has 168 valence electrons. The van der Waals surface area contributed by atoms with Gasteiger partial charge in [-0.15, -0.1) is 24.8 Å². The number of rotatable bonds is 10. The van der Waals surface area contributed by atoms with Crippen molar-refractivity contribution in [1.82, 2.24) is 16.0 Å². The lowest BCUT2D eigenvalue weighted by molar-refractivity contribution is -0.130. The van der Waals surface area contributed by atoms with Crippen LogP contribution in [0, 0.1) is 17.6 Å². The van der Waals surface area contributed by atoms with E-state index in [2.05, 4.69) is 16.0 Å². The van der Waals surface area contributed by atoms with Crippen molar-refractivity contribution in [2.24, 2.45) is 11.7 Å². The summed E-state index contributed by atoms with van der Waals surface area (Å²) in [6.07, 6.45) is 0.267. The molecule has 1 aromatic carbocycles. The Morgan fingerprint density at radius 3 is 2.07 bits per heavy atom. The van der Waals surface area contributed by atoms with Crippen molar-refractivity contribution < 1.29 is 18.4 Å². The maximum atomic E-state index is 13.2. The van der Waals surface area contributed by atoms with E-state index in [1.165, 1.54) is 12.1 Å². The number of benzene rings is 1. The SMILES string of the molecule is CCNC(=O)[C@@H](NC(=O)[C@H](C)NC[C@@H](N)Cc1cc(F)cc(F)c1)C(C)C.Cl.Cl. The zero-order chi connectivity index (χ0) is 20.6. The fraction of sp³-hybridized carbons (Fsp3) is 0.579. The van der Waals surface area contributed by atoms with Crippen LogP contribution < -0.4 is 21.7 Å². The topological polar surface area (TPSA) is 96.2 Å². The summed E-state index contributed by atoms with van der Waals surface area (Å²) in [5, 5.41) is 8.43. The van der Waals surface area contributed by atoms with Crippen molar-refractivity contribution in [3.05, 3.63) is 35.4 Å². The summed E-state index contributed by atoms with van der Waals surface area (Å²) in [5.41, 5.74) is 6.44. The van der Waals surface area contributed by atoms with E-state index in [0.717, 1.165) is 6.07 Å². The molecular formula is C19H32Cl2F2N4O2. The Morgan fingerprint density at radius 1 is 1.03 bits per heavy atom. The Kier molecular flexibility index (Phi) is 14.9. The van der Waals surface area contributed by atoms with Crippen molar-refractivity contribution in [2.45, 2.75) is 52.2 Å². The second kappa shape index (κ2) is 14.5. The van der Waals surface area contributed by atoms with Crippen molar-refractivity contribution in [3.63, 3.8) is 0 Å². The molecule has 10 heteroatoms. The number of amides is 2. The minimum absolute atomic E-state index is 0. The Morgan fingerprint density at radius 2 is 1.59 bits per heavy atom. The van der Waals surface area contributed by atoms with Gasteiger partial charge < -0.3 is 21.7 Å². The first-order valence-electron chi connectivity index (χ1n) is 9.16. The van der Waals surface area contributed by atoms with Crippen LogP contribution in [0.2, 0.25) is 0 Å². The van der Waals surface area contributed by atoms with Gasteiger partial charge in [0.2, 0.25) is 11.8 Å². The molecule has 1 aromatic rings. The molecule has 0 aliphatic carbocycles. The average molecular weight is 457 g/mol. The first-order chi connectivity index (χ1) is 12.6. The van der Waals surface area contributed by atoms with Gasteiger partial charge >= 0.3 is 0 Å². The number of nitrogens with one attached hydrogen (secondary N) is 3. The second-order valence-electron chi connectivity index (χ2n) is 7.00. The molecule has 29 heavy (non-hydrogen) atoms. The van der Waals surface area contributed by atoms with Gasteiger partial charge in [-0.25, -0.2) is 8.78 Å². The highest BCUT2D eigenvalue weighted by Gasteiger charge is 2.25. The van der Waals surface area contributed by atoms with Crippen LogP contribution in [0.15, 0.2) is 18.2 Å². The third-order valence-corrected chi connectivity index (χ3v) is 4.10. The monoisotopic (exact) mass is 456 g/mol. The second-order valence-corrected chi connectivity index (χ2v) is 7.00. The largest absolute Gasteiger partial charge is 0.355 e. The summed E-state index contributed by atoms with van der Waals surface area (Å²) in [6, 6.07) is 1.66. The molecule has 0 saturated carbocycles. The minimum atomic E-state index is -0.650. The van der Waals surface area contributed by atoms with E-state index in [4.69, 9.17) is 5.73 Å². The number of hydrogen-bond donors (Lipinski definition) is 4. The predicted molar refractivity (Wildman–Crippen MR) is 115 cm³/mol. The molecular weight excluding hydrogens is 425 g/mol. The fourth-order valence-electron chi connectivity index (χ4n) is 2.62. The molecule has 0 fully saturated rings. The molecule has 0 saturated heterocycles. The standard InChI is InChI=1S/C19H30F2N4O2.2ClH/c1-5-23-19(27)17(11(2)3)25-18(26)12(4)24-10-16(22)8-13-6-14(20)9-15(21)7-13;;/h6-7,9,11-12,16-17,24H,5,8,10,22H2,1-4H3,(H,23,27)(H,25,26);2*1H/t12-,16-,17-;;/m0../s1. The van der Waals surface area contributed by atoms with Crippen LogP contribution in [0.5, 0.6) is 0 Å². The summed E-state index contributed by atoms with van der Waals surface area (Å²) in [5.74, 6) is -1.90. The van der Waals surface area contributed by atoms with Crippen LogP contribution in [0.1, 0.15) is 33.3 Å². The predicted octanol–water partition coefficient (Wildman–Crippen LogP) is 1.93. The van der Waals surface area contributed by atoms with Gasteiger partial charge in [0.15, 0.2) is 0 Å². The fourth-order valence-corrected chi connectivity index (χ4v) is 2.62. The third kappa shape index (κ3) is 10.7. The lowest BCUT2D eigenvalue weighted by atomic mass is 10.0. The van der Waals surface area contributed by atoms with E-state index >= 15 is 0 Å². The average Bonchev–Trinajstić information content (AvgIpc) is 2.56. The highest BCUT2D eigenvalue weighted by Crippen LogP contribution is 2.09. The van der Waals surface area contributed by atoms with Crippen molar-refractivity contribution in [3.8, 4) is 0 Å². The number of carbonyl (C=O) groups is 2. The van der Waals surface area contributed by atoms with Gasteiger partial charge in [-0.05, 0) is 43.9 Å². The summed E-state index contributed by atoms with van der Waals surface area (Å²) in [7, 11) is 0. The number of nitrogens with two attached hydrogens (primary N) is 1. The molecule has 6 nitrogen and oxygen atoms in total. The molecule has 0 aliphatic heterocycles. The van der Waals surface area contributed by atoms with E-state index in [0.29, 0.717) is 12.1 Å². The first kappa shape index (κ1) is 29.7. The molecule has 2 amide bonds. The van der Waals surface area contributed by atoms with E-state index in [-0.39, 0.29) is 55.5 Å². The Balaban J connectivity index is 0. The van der Waals surface area contributed by atoms with Crippen LogP contribution in [0.3, 0.4) is 0 Å². The van der Waals surface area contributed by atoms with E-state index in [9.17, 15) is 18.4 Å². The highest BCUT2D eigenvalue weighted by atomic mass is 35.5. The number of likely N-dealkylation sites (N-methyl/N-ethyl adjacent to an activating group) is 1. The molecule has 0 radical (unpaired) electrons. The van der Waals surface area contributed by atoms with E-state index in [1.54, 1.807) is 6.92 Å². The molecule has 3 atom stereocenters. The molecule has 0 aliphatic rings. The smallest absolute Gasteiger partial charge is 0.242 e. The molecule has 0 bridgehead atoms. The van der Waals surface area contributed by atoms with Gasteiger partial charge in [0.25, 0.3) is 0 Å². The van der Waals surface area contributed by atoms with Crippen LogP contribution >= 0.6 is 24.8 Å². The quantitative estimate of drug-likeness (QED) is 0.432. The van der Waals surface area contributed by atoms with Crippen molar-refractivity contribution >= 4 is 36.6 Å². The maximum Gasteiger partial charge on any atom is 0.242 e. The maximum absolute atomic E-state index is 13.2. The summed E-state index contributed by atoms with van der Waals surface area (Å²) in [4.78, 5) is 24.4. The van der Waals surface area contributed by atoms with Gasteiger partial charge in [-0.2, -0.15) is 0 Å². The Bertz CT molecular complexity index is 630. The third-order valence-electron chi connectivity index (χ3n) is 4.10. The number of hydrogen-bond acceptors (Lipinski definition) is 4. The van der Waals surface area contributed by atoms with Crippen LogP contribution in [0.4, 0.5) is 8.78 Å². The Hall–Kier alpha value is -1.48.